The van der Waals surface area contributed by atoms with E-state index < -0.39 is 6.10 Å². The highest BCUT2D eigenvalue weighted by atomic mass is 16.3. The molecule has 1 unspecified atom stereocenters. The van der Waals surface area contributed by atoms with Crippen molar-refractivity contribution in [1.82, 2.24) is 0 Å². The Labute approximate surface area is 95.9 Å². The SMILES string of the molecule is N#CCC(O)CN1CCCc2ccccc21. The van der Waals surface area contributed by atoms with Crippen LogP contribution in [0, 0.1) is 11.3 Å². The van der Waals surface area contributed by atoms with Crippen molar-refractivity contribution in [2.75, 3.05) is 18.0 Å². The molecule has 3 heteroatoms. The van der Waals surface area contributed by atoms with Gasteiger partial charge in [-0.15, -0.1) is 0 Å². The summed E-state index contributed by atoms with van der Waals surface area (Å²) in [5.74, 6) is 0. The van der Waals surface area contributed by atoms with Gasteiger partial charge in [-0.3, -0.25) is 0 Å². The number of hydrogen-bond donors (Lipinski definition) is 1. The van der Waals surface area contributed by atoms with Crippen LogP contribution >= 0.6 is 0 Å². The van der Waals surface area contributed by atoms with Crippen LogP contribution in [0.15, 0.2) is 24.3 Å². The van der Waals surface area contributed by atoms with Crippen molar-refractivity contribution in [1.29, 1.82) is 5.26 Å². The molecule has 0 spiro atoms. The van der Waals surface area contributed by atoms with E-state index in [2.05, 4.69) is 17.0 Å². The second kappa shape index (κ2) is 5.00. The molecule has 0 saturated carbocycles. The smallest absolute Gasteiger partial charge is 0.0844 e. The summed E-state index contributed by atoms with van der Waals surface area (Å²) in [4.78, 5) is 2.18. The van der Waals surface area contributed by atoms with Crippen LogP contribution in [0.5, 0.6) is 0 Å². The quantitative estimate of drug-likeness (QED) is 0.836. The second-order valence-electron chi connectivity index (χ2n) is 4.19. The monoisotopic (exact) mass is 216 g/mol. The summed E-state index contributed by atoms with van der Waals surface area (Å²) in [6, 6.07) is 10.3. The summed E-state index contributed by atoms with van der Waals surface area (Å²) in [6.45, 7) is 1.53. The number of para-hydroxylation sites is 1. The minimum atomic E-state index is -0.545. The van der Waals surface area contributed by atoms with Crippen LogP contribution in [-0.2, 0) is 6.42 Å². The summed E-state index contributed by atoms with van der Waals surface area (Å²) in [6.07, 6.45) is 1.90. The van der Waals surface area contributed by atoms with E-state index >= 15 is 0 Å². The first-order chi connectivity index (χ1) is 7.81. The highest BCUT2D eigenvalue weighted by Gasteiger charge is 2.18. The molecule has 3 nitrogen and oxygen atoms in total. The molecule has 0 saturated heterocycles. The minimum absolute atomic E-state index is 0.207. The zero-order chi connectivity index (χ0) is 11.4. The van der Waals surface area contributed by atoms with E-state index in [1.807, 2.05) is 18.2 Å². The molecule has 1 atom stereocenters. The van der Waals surface area contributed by atoms with Gasteiger partial charge in [0.25, 0.3) is 0 Å². The zero-order valence-electron chi connectivity index (χ0n) is 9.26. The molecule has 0 aliphatic carbocycles. The lowest BCUT2D eigenvalue weighted by molar-refractivity contribution is 0.184. The lowest BCUT2D eigenvalue weighted by Crippen LogP contribution is -2.36. The van der Waals surface area contributed by atoms with Crippen molar-refractivity contribution in [2.45, 2.75) is 25.4 Å². The van der Waals surface area contributed by atoms with Crippen LogP contribution in [0.4, 0.5) is 5.69 Å². The molecule has 1 aromatic rings. The Morgan fingerprint density at radius 2 is 2.25 bits per heavy atom. The second-order valence-corrected chi connectivity index (χ2v) is 4.19. The third-order valence-electron chi connectivity index (χ3n) is 2.96. The van der Waals surface area contributed by atoms with Crippen molar-refractivity contribution in [2.24, 2.45) is 0 Å². The summed E-state index contributed by atoms with van der Waals surface area (Å²) in [5.41, 5.74) is 2.56. The topological polar surface area (TPSA) is 47.3 Å². The number of fused-ring (bicyclic) bond motifs is 1. The maximum Gasteiger partial charge on any atom is 0.0844 e. The Kier molecular flexibility index (Phi) is 3.43. The lowest BCUT2D eigenvalue weighted by Gasteiger charge is -2.32. The Morgan fingerprint density at radius 1 is 1.44 bits per heavy atom. The van der Waals surface area contributed by atoms with Gasteiger partial charge in [-0.1, -0.05) is 18.2 Å². The van der Waals surface area contributed by atoms with Gasteiger partial charge in [-0.25, -0.2) is 0 Å². The molecular formula is C13H16N2O. The Balaban J connectivity index is 2.10. The van der Waals surface area contributed by atoms with Gasteiger partial charge in [-0.2, -0.15) is 5.26 Å². The first kappa shape index (κ1) is 11.0. The molecule has 0 fully saturated rings. The number of aliphatic hydroxyl groups is 1. The maximum atomic E-state index is 9.66. The number of aliphatic hydroxyl groups excluding tert-OH is 1. The number of aryl methyl sites for hydroxylation is 1. The fourth-order valence-electron chi connectivity index (χ4n) is 2.23. The molecule has 16 heavy (non-hydrogen) atoms. The first-order valence-corrected chi connectivity index (χ1v) is 5.69. The van der Waals surface area contributed by atoms with Crippen LogP contribution in [0.1, 0.15) is 18.4 Å². The normalized spacial score (nSPS) is 16.4. The Morgan fingerprint density at radius 3 is 3.06 bits per heavy atom. The van der Waals surface area contributed by atoms with Gasteiger partial charge < -0.3 is 10.0 Å². The fraction of sp³-hybridized carbons (Fsp3) is 0.462. The number of nitrogens with zero attached hydrogens (tertiary/aromatic N) is 2. The predicted molar refractivity (Wildman–Crippen MR) is 63.2 cm³/mol. The predicted octanol–water partition coefficient (Wildman–Crippen LogP) is 1.71. The van der Waals surface area contributed by atoms with Gasteiger partial charge in [0.15, 0.2) is 0 Å². The third-order valence-corrected chi connectivity index (χ3v) is 2.96. The van der Waals surface area contributed by atoms with Crippen molar-refractivity contribution in [3.8, 4) is 6.07 Å². The fourth-order valence-corrected chi connectivity index (χ4v) is 2.23. The van der Waals surface area contributed by atoms with Gasteiger partial charge in [0, 0.05) is 18.8 Å². The standard InChI is InChI=1S/C13H16N2O/c14-8-7-12(16)10-15-9-3-5-11-4-1-2-6-13(11)15/h1-2,4,6,12,16H,3,5,7,9-10H2. The molecule has 1 aliphatic rings. The van der Waals surface area contributed by atoms with Crippen LogP contribution in [0.2, 0.25) is 0 Å². The van der Waals surface area contributed by atoms with Crippen LogP contribution < -0.4 is 4.90 Å². The van der Waals surface area contributed by atoms with Crippen LogP contribution in [0.25, 0.3) is 0 Å². The molecule has 1 heterocycles. The van der Waals surface area contributed by atoms with E-state index in [0.29, 0.717) is 6.54 Å². The van der Waals surface area contributed by atoms with Gasteiger partial charge in [0.2, 0.25) is 0 Å². The zero-order valence-corrected chi connectivity index (χ0v) is 9.26. The van der Waals surface area contributed by atoms with Crippen molar-refractivity contribution in [3.63, 3.8) is 0 Å². The average molecular weight is 216 g/mol. The van der Waals surface area contributed by atoms with E-state index in [-0.39, 0.29) is 6.42 Å². The first-order valence-electron chi connectivity index (χ1n) is 5.69. The van der Waals surface area contributed by atoms with Gasteiger partial charge in [-0.05, 0) is 24.5 Å². The summed E-state index contributed by atoms with van der Waals surface area (Å²) < 4.78 is 0. The molecule has 1 aliphatic heterocycles. The van der Waals surface area contributed by atoms with Crippen molar-refractivity contribution >= 4 is 5.69 Å². The van der Waals surface area contributed by atoms with E-state index in [0.717, 1.165) is 19.4 Å². The van der Waals surface area contributed by atoms with Crippen molar-refractivity contribution in [3.05, 3.63) is 29.8 Å². The number of hydrogen-bond acceptors (Lipinski definition) is 3. The summed E-state index contributed by atoms with van der Waals surface area (Å²) in [7, 11) is 0. The highest BCUT2D eigenvalue weighted by molar-refractivity contribution is 5.55. The van der Waals surface area contributed by atoms with Gasteiger partial charge in [0.05, 0.1) is 18.6 Å². The number of β-amino-alcohol motifs (C(OH)–C–C–N with tert-alkyl or cyclic N) is 1. The van der Waals surface area contributed by atoms with Crippen LogP contribution in [-0.4, -0.2) is 24.3 Å². The van der Waals surface area contributed by atoms with E-state index in [4.69, 9.17) is 5.26 Å². The molecule has 1 aromatic carbocycles. The molecule has 0 radical (unpaired) electrons. The summed E-state index contributed by atoms with van der Waals surface area (Å²) in [5, 5.41) is 18.2. The number of benzene rings is 1. The average Bonchev–Trinajstić information content (AvgIpc) is 2.30. The van der Waals surface area contributed by atoms with Crippen molar-refractivity contribution < 1.29 is 5.11 Å². The van der Waals surface area contributed by atoms with E-state index in [9.17, 15) is 5.11 Å². The lowest BCUT2D eigenvalue weighted by atomic mass is 10.0. The number of nitriles is 1. The molecule has 84 valence electrons. The molecule has 0 amide bonds. The number of rotatable bonds is 3. The molecule has 0 bridgehead atoms. The Hall–Kier alpha value is -1.53. The summed E-state index contributed by atoms with van der Waals surface area (Å²) >= 11 is 0. The van der Waals surface area contributed by atoms with Crippen LogP contribution in [0.3, 0.4) is 0 Å². The highest BCUT2D eigenvalue weighted by Crippen LogP contribution is 2.26. The van der Waals surface area contributed by atoms with Gasteiger partial charge >= 0.3 is 0 Å². The minimum Gasteiger partial charge on any atom is -0.390 e. The number of anilines is 1. The molecular weight excluding hydrogens is 200 g/mol. The molecule has 2 rings (SSSR count). The van der Waals surface area contributed by atoms with E-state index in [1.165, 1.54) is 11.3 Å². The maximum absolute atomic E-state index is 9.66. The molecule has 0 aromatic heterocycles. The largest absolute Gasteiger partial charge is 0.390 e. The van der Waals surface area contributed by atoms with Gasteiger partial charge in [0.1, 0.15) is 0 Å². The Bertz CT molecular complexity index is 397. The van der Waals surface area contributed by atoms with E-state index in [1.54, 1.807) is 0 Å². The molecule has 1 N–H and O–H groups in total. The third kappa shape index (κ3) is 2.34.